The zero-order valence-corrected chi connectivity index (χ0v) is 19.9. The van der Waals surface area contributed by atoms with Gasteiger partial charge in [-0.25, -0.2) is 9.59 Å². The van der Waals surface area contributed by atoms with Gasteiger partial charge in [0, 0.05) is 22.9 Å². The zero-order chi connectivity index (χ0) is 24.0. The molecule has 0 fully saturated rings. The molecule has 3 N–H and O–H groups in total. The Labute approximate surface area is 193 Å². The normalized spacial score (nSPS) is 20.5. The molecule has 4 rings (SSSR count). The minimum atomic E-state index is -0.649. The van der Waals surface area contributed by atoms with Gasteiger partial charge in [-0.05, 0) is 57.5 Å². The Morgan fingerprint density at radius 3 is 2.64 bits per heavy atom. The number of phenolic OH excluding ortho intramolecular Hbond substituents is 1. The Balaban J connectivity index is 1.96. The molecule has 3 aromatic rings. The topological polar surface area (TPSA) is 91.4 Å². The summed E-state index contributed by atoms with van der Waals surface area (Å²) in [5, 5.41) is 11.4. The molecule has 3 amide bonds. The number of hydroxylamine groups is 1. The average Bonchev–Trinajstić information content (AvgIpc) is 3.13. The van der Waals surface area contributed by atoms with E-state index < -0.39 is 22.2 Å². The fraction of sp³-hybridized carbons (Fsp3) is 0.385. The van der Waals surface area contributed by atoms with E-state index in [-0.39, 0.29) is 18.1 Å². The number of aromatic hydroxyl groups is 1. The number of imide groups is 1. The number of phenols is 1. The molecule has 2 unspecified atom stereocenters. The molecule has 0 bridgehead atoms. The number of nitrogens with zero attached hydrogens (tertiary/aromatic N) is 1. The number of quaternary nitrogens is 1. The number of benzene rings is 2. The molecule has 0 saturated carbocycles. The van der Waals surface area contributed by atoms with Gasteiger partial charge in [-0.15, -0.1) is 0 Å². The minimum Gasteiger partial charge on any atom is -0.508 e. The molecule has 2 heterocycles. The maximum absolute atomic E-state index is 13.8. The molecule has 2 aromatic carbocycles. The van der Waals surface area contributed by atoms with E-state index in [4.69, 9.17) is 4.84 Å². The van der Waals surface area contributed by atoms with Gasteiger partial charge >= 0.3 is 11.9 Å². The Bertz CT molecular complexity index is 1220. The molecule has 0 spiro atoms. The van der Waals surface area contributed by atoms with Crippen molar-refractivity contribution >= 4 is 22.8 Å². The third-order valence-electron chi connectivity index (χ3n) is 6.26. The SMILES string of the molecule is CCC(=O)[N+]1(C(=O)NOC(C)(C)C)CCc2c([nH]c3ccc(C)cc23)C1c1cccc(O)c1. The molecule has 1 aromatic heterocycles. The van der Waals surface area contributed by atoms with Crippen molar-refractivity contribution in [1.29, 1.82) is 0 Å². The van der Waals surface area contributed by atoms with Gasteiger partial charge in [0.05, 0.1) is 24.3 Å². The maximum Gasteiger partial charge on any atom is 0.448 e. The number of carbonyl (C=O) groups is 2. The van der Waals surface area contributed by atoms with Gasteiger partial charge in [0.1, 0.15) is 5.75 Å². The van der Waals surface area contributed by atoms with Crippen LogP contribution in [0.5, 0.6) is 5.75 Å². The van der Waals surface area contributed by atoms with Gasteiger partial charge < -0.3 is 10.1 Å². The Morgan fingerprint density at radius 1 is 1.21 bits per heavy atom. The lowest BCUT2D eigenvalue weighted by Crippen LogP contribution is -2.65. The number of hydrogen-bond donors (Lipinski definition) is 3. The van der Waals surface area contributed by atoms with Crippen LogP contribution in [0.3, 0.4) is 0 Å². The van der Waals surface area contributed by atoms with E-state index in [0.29, 0.717) is 18.5 Å². The fourth-order valence-corrected chi connectivity index (χ4v) is 4.80. The van der Waals surface area contributed by atoms with E-state index in [0.717, 1.165) is 27.7 Å². The summed E-state index contributed by atoms with van der Waals surface area (Å²) in [5.74, 6) is -0.126. The number of amides is 3. The van der Waals surface area contributed by atoms with Crippen LogP contribution < -0.4 is 5.48 Å². The van der Waals surface area contributed by atoms with Crippen LogP contribution in [0.2, 0.25) is 0 Å². The summed E-state index contributed by atoms with van der Waals surface area (Å²) in [4.78, 5) is 36.4. The number of hydrogen-bond acceptors (Lipinski definition) is 4. The average molecular weight is 451 g/mol. The van der Waals surface area contributed by atoms with Crippen LogP contribution in [-0.2, 0) is 16.1 Å². The number of urea groups is 1. The van der Waals surface area contributed by atoms with Crippen LogP contribution >= 0.6 is 0 Å². The van der Waals surface area contributed by atoms with Crippen LogP contribution in [0.25, 0.3) is 10.9 Å². The molecule has 0 radical (unpaired) electrons. The molecule has 7 heteroatoms. The van der Waals surface area contributed by atoms with Gasteiger partial charge in [-0.2, -0.15) is 9.96 Å². The van der Waals surface area contributed by atoms with Crippen molar-refractivity contribution in [1.82, 2.24) is 10.5 Å². The number of fused-ring (bicyclic) bond motifs is 3. The molecule has 7 nitrogen and oxygen atoms in total. The highest BCUT2D eigenvalue weighted by molar-refractivity contribution is 5.88. The summed E-state index contributed by atoms with van der Waals surface area (Å²) in [6.45, 7) is 9.61. The Hall–Kier alpha value is -3.16. The van der Waals surface area contributed by atoms with Crippen molar-refractivity contribution in [3.63, 3.8) is 0 Å². The van der Waals surface area contributed by atoms with Crippen LogP contribution in [0.15, 0.2) is 42.5 Å². The van der Waals surface area contributed by atoms with Crippen LogP contribution in [0.4, 0.5) is 4.79 Å². The number of H-pyrrole nitrogens is 1. The molecular formula is C26H32N3O4+. The van der Waals surface area contributed by atoms with Crippen molar-refractivity contribution in [3.05, 3.63) is 64.8 Å². The predicted molar refractivity (Wildman–Crippen MR) is 126 cm³/mol. The third-order valence-corrected chi connectivity index (χ3v) is 6.26. The highest BCUT2D eigenvalue weighted by Gasteiger charge is 2.55. The quantitative estimate of drug-likeness (QED) is 0.386. The van der Waals surface area contributed by atoms with Crippen molar-refractivity contribution < 1.29 is 24.0 Å². The van der Waals surface area contributed by atoms with Gasteiger partial charge in [0.2, 0.25) is 0 Å². The molecule has 0 saturated heterocycles. The number of carbonyl (C=O) groups excluding carboxylic acids is 2. The Morgan fingerprint density at radius 2 is 1.97 bits per heavy atom. The predicted octanol–water partition coefficient (Wildman–Crippen LogP) is 5.02. The molecule has 33 heavy (non-hydrogen) atoms. The number of rotatable bonds is 3. The summed E-state index contributed by atoms with van der Waals surface area (Å²) >= 11 is 0. The molecule has 2 atom stereocenters. The number of aromatic amines is 1. The van der Waals surface area contributed by atoms with E-state index in [1.54, 1.807) is 25.1 Å². The first kappa shape index (κ1) is 23.0. The lowest BCUT2D eigenvalue weighted by atomic mass is 9.89. The highest BCUT2D eigenvalue weighted by Crippen LogP contribution is 2.44. The maximum atomic E-state index is 13.8. The molecule has 174 valence electrons. The standard InChI is InChI=1S/C26H31N3O4/c1-6-22(31)29(25(32)28-33-26(3,4)5)13-12-19-20-14-16(2)10-11-21(20)27-23(19)24(29)17-8-7-9-18(30)15-17/h7-11,14-15,24,27H,6,12-13H2,1-5H3,(H-,28,30,32)/p+1. The first-order valence-corrected chi connectivity index (χ1v) is 11.4. The van der Waals surface area contributed by atoms with Crippen LogP contribution in [-0.4, -0.2) is 38.7 Å². The van der Waals surface area contributed by atoms with Gasteiger partial charge in [0.15, 0.2) is 6.04 Å². The minimum absolute atomic E-state index is 0.0833. The van der Waals surface area contributed by atoms with E-state index in [1.165, 1.54) is 0 Å². The van der Waals surface area contributed by atoms with E-state index >= 15 is 0 Å². The smallest absolute Gasteiger partial charge is 0.448 e. The van der Waals surface area contributed by atoms with Crippen LogP contribution in [0, 0.1) is 6.92 Å². The summed E-state index contributed by atoms with van der Waals surface area (Å²) in [7, 11) is 0. The lowest BCUT2D eigenvalue weighted by molar-refractivity contribution is -0.806. The largest absolute Gasteiger partial charge is 0.508 e. The number of aryl methyl sites for hydroxylation is 1. The summed E-state index contributed by atoms with van der Waals surface area (Å²) in [6.07, 6.45) is 0.746. The monoisotopic (exact) mass is 450 g/mol. The van der Waals surface area contributed by atoms with E-state index in [1.807, 2.05) is 45.9 Å². The highest BCUT2D eigenvalue weighted by atomic mass is 16.7. The third kappa shape index (κ3) is 4.03. The van der Waals surface area contributed by atoms with Gasteiger partial charge in [-0.3, -0.25) is 4.84 Å². The van der Waals surface area contributed by atoms with Gasteiger partial charge in [-0.1, -0.05) is 30.7 Å². The summed E-state index contributed by atoms with van der Waals surface area (Å²) in [5.41, 5.74) is 6.67. The van der Waals surface area contributed by atoms with E-state index in [2.05, 4.69) is 16.5 Å². The molecule has 1 aliphatic heterocycles. The molecular weight excluding hydrogens is 418 g/mol. The van der Waals surface area contributed by atoms with E-state index in [9.17, 15) is 14.7 Å². The second-order valence-electron chi connectivity index (χ2n) is 9.78. The number of aromatic nitrogens is 1. The van der Waals surface area contributed by atoms with Gasteiger partial charge in [0.25, 0.3) is 0 Å². The van der Waals surface area contributed by atoms with Crippen molar-refractivity contribution in [2.75, 3.05) is 6.54 Å². The fourth-order valence-electron chi connectivity index (χ4n) is 4.80. The molecule has 0 aliphatic carbocycles. The zero-order valence-electron chi connectivity index (χ0n) is 19.9. The summed E-state index contributed by atoms with van der Waals surface area (Å²) in [6, 6.07) is 11.8. The first-order chi connectivity index (χ1) is 15.6. The lowest BCUT2D eigenvalue weighted by Gasteiger charge is -2.42. The summed E-state index contributed by atoms with van der Waals surface area (Å²) < 4.78 is -0.463. The van der Waals surface area contributed by atoms with Crippen molar-refractivity contribution in [2.24, 2.45) is 0 Å². The first-order valence-electron chi connectivity index (χ1n) is 11.4. The number of nitrogens with one attached hydrogen (secondary N) is 2. The second kappa shape index (κ2) is 8.32. The van der Waals surface area contributed by atoms with Crippen molar-refractivity contribution in [3.8, 4) is 5.75 Å². The van der Waals surface area contributed by atoms with Crippen molar-refractivity contribution in [2.45, 2.75) is 59.1 Å². The van der Waals surface area contributed by atoms with Crippen LogP contribution in [0.1, 0.15) is 62.5 Å². The second-order valence-corrected chi connectivity index (χ2v) is 9.78. The Kier molecular flexibility index (Phi) is 5.80. The molecule has 1 aliphatic rings.